The first-order valence-corrected chi connectivity index (χ1v) is 2.47. The highest BCUT2D eigenvalue weighted by molar-refractivity contribution is 5.90. The van der Waals surface area contributed by atoms with Crippen LogP contribution in [0.4, 0.5) is 0 Å². The molecule has 0 aromatic rings. The number of carboxylic acids is 1. The number of carbonyl (C=O) groups is 2. The predicted octanol–water partition coefficient (Wildman–Crippen LogP) is 0.462. The molecule has 0 amide bonds. The summed E-state index contributed by atoms with van der Waals surface area (Å²) in [5, 5.41) is 8.23. The summed E-state index contributed by atoms with van der Waals surface area (Å²) in [5.41, 5.74) is -0.0648. The van der Waals surface area contributed by atoms with E-state index in [2.05, 4.69) is 6.58 Å². The van der Waals surface area contributed by atoms with Crippen molar-refractivity contribution in [2.75, 3.05) is 0 Å². The molecule has 3 nitrogen and oxygen atoms in total. The van der Waals surface area contributed by atoms with Crippen molar-refractivity contribution in [2.45, 2.75) is 6.92 Å². The third-order valence-electron chi connectivity index (χ3n) is 1.03. The molecule has 1 unspecified atom stereocenters. The first kappa shape index (κ1) is 7.88. The van der Waals surface area contributed by atoms with Crippen LogP contribution < -0.4 is 0 Å². The van der Waals surface area contributed by atoms with Crippen LogP contribution in [0.25, 0.3) is 0 Å². The first-order chi connectivity index (χ1) is 4.09. The van der Waals surface area contributed by atoms with Crippen molar-refractivity contribution in [3.05, 3.63) is 12.2 Å². The summed E-state index contributed by atoms with van der Waals surface area (Å²) in [7, 11) is 0. The molecule has 0 saturated heterocycles. The van der Waals surface area contributed by atoms with Crippen molar-refractivity contribution >= 4 is 12.3 Å². The first-order valence-electron chi connectivity index (χ1n) is 2.47. The lowest BCUT2D eigenvalue weighted by atomic mass is 10.1. The molecule has 0 aliphatic rings. The number of carboxylic acid groups (broad SMARTS) is 1. The van der Waals surface area contributed by atoms with E-state index in [9.17, 15) is 9.59 Å². The second-order valence-electron chi connectivity index (χ2n) is 1.76. The van der Waals surface area contributed by atoms with E-state index in [0.717, 1.165) is 0 Å². The Bertz CT molecular complexity index is 148. The third-order valence-corrected chi connectivity index (χ3v) is 1.03. The van der Waals surface area contributed by atoms with Crippen LogP contribution in [0.15, 0.2) is 12.2 Å². The smallest absolute Gasteiger partial charge is 0.331 e. The Morgan fingerprint density at radius 2 is 2.22 bits per heavy atom. The molecule has 0 aromatic heterocycles. The van der Waals surface area contributed by atoms with E-state index in [1.165, 1.54) is 6.92 Å². The zero-order chi connectivity index (χ0) is 7.44. The van der Waals surface area contributed by atoms with Gasteiger partial charge in [0.25, 0.3) is 0 Å². The molecule has 0 radical (unpaired) electrons. The van der Waals surface area contributed by atoms with Gasteiger partial charge in [-0.3, -0.25) is 0 Å². The van der Waals surface area contributed by atoms with E-state index in [0.29, 0.717) is 6.29 Å². The zero-order valence-electron chi connectivity index (χ0n) is 5.13. The third kappa shape index (κ3) is 2.08. The van der Waals surface area contributed by atoms with Crippen molar-refractivity contribution < 1.29 is 14.7 Å². The van der Waals surface area contributed by atoms with Gasteiger partial charge in [0, 0.05) is 11.5 Å². The van der Waals surface area contributed by atoms with E-state index in [-0.39, 0.29) is 5.57 Å². The maximum Gasteiger partial charge on any atom is 0.331 e. The Kier molecular flexibility index (Phi) is 2.64. The van der Waals surface area contributed by atoms with Gasteiger partial charge in [-0.1, -0.05) is 13.5 Å². The van der Waals surface area contributed by atoms with Crippen LogP contribution in [0.2, 0.25) is 0 Å². The minimum atomic E-state index is -1.12. The van der Waals surface area contributed by atoms with Gasteiger partial charge < -0.3 is 9.90 Å². The number of hydrogen-bond donors (Lipinski definition) is 1. The summed E-state index contributed by atoms with van der Waals surface area (Å²) >= 11 is 0. The maximum absolute atomic E-state index is 10.0. The Balaban J connectivity index is 4.03. The molecule has 0 saturated carbocycles. The van der Waals surface area contributed by atoms with Crippen molar-refractivity contribution in [3.8, 4) is 0 Å². The standard InChI is InChI=1S/C6H8O3/c1-4(3-7)5(2)6(8)9/h3-4H,2H2,1H3,(H,8,9). The minimum Gasteiger partial charge on any atom is -0.478 e. The number of aldehydes is 1. The van der Waals surface area contributed by atoms with Crippen LogP contribution in [0.1, 0.15) is 6.92 Å². The molecule has 50 valence electrons. The van der Waals surface area contributed by atoms with E-state index < -0.39 is 11.9 Å². The van der Waals surface area contributed by atoms with Crippen LogP contribution in [0.5, 0.6) is 0 Å². The molecule has 0 aliphatic carbocycles. The highest BCUT2D eigenvalue weighted by Gasteiger charge is 2.10. The Morgan fingerprint density at radius 3 is 2.33 bits per heavy atom. The van der Waals surface area contributed by atoms with Gasteiger partial charge >= 0.3 is 5.97 Å². The van der Waals surface area contributed by atoms with Crippen LogP contribution in [-0.2, 0) is 9.59 Å². The minimum absolute atomic E-state index is 0.0648. The highest BCUT2D eigenvalue weighted by Crippen LogP contribution is 2.03. The predicted molar refractivity (Wildman–Crippen MR) is 32.0 cm³/mol. The molecule has 1 N–H and O–H groups in total. The summed E-state index contributed by atoms with van der Waals surface area (Å²) in [6.07, 6.45) is 0.552. The molecular formula is C6H8O3. The molecule has 0 heterocycles. The van der Waals surface area contributed by atoms with E-state index in [1.807, 2.05) is 0 Å². The Labute approximate surface area is 53.0 Å². The second-order valence-corrected chi connectivity index (χ2v) is 1.76. The van der Waals surface area contributed by atoms with E-state index in [4.69, 9.17) is 5.11 Å². The molecule has 0 spiro atoms. The zero-order valence-corrected chi connectivity index (χ0v) is 5.13. The number of hydrogen-bond acceptors (Lipinski definition) is 2. The molecule has 9 heavy (non-hydrogen) atoms. The molecule has 1 atom stereocenters. The lowest BCUT2D eigenvalue weighted by Crippen LogP contribution is -2.08. The number of aliphatic carboxylic acids is 1. The second kappa shape index (κ2) is 3.02. The molecule has 0 fully saturated rings. The van der Waals surface area contributed by atoms with Crippen molar-refractivity contribution in [1.29, 1.82) is 0 Å². The van der Waals surface area contributed by atoms with E-state index >= 15 is 0 Å². The lowest BCUT2D eigenvalue weighted by molar-refractivity contribution is -0.133. The molecule has 0 rings (SSSR count). The topological polar surface area (TPSA) is 54.4 Å². The van der Waals surface area contributed by atoms with Crippen LogP contribution in [-0.4, -0.2) is 17.4 Å². The Morgan fingerprint density at radius 1 is 1.78 bits per heavy atom. The average Bonchev–Trinajstić information content (AvgIpc) is 1.84. The molecule has 3 heteroatoms. The van der Waals surface area contributed by atoms with Gasteiger partial charge in [0.05, 0.1) is 0 Å². The fourth-order valence-electron chi connectivity index (χ4n) is 0.277. The fourth-order valence-corrected chi connectivity index (χ4v) is 0.277. The maximum atomic E-state index is 10.0. The summed E-state index contributed by atoms with van der Waals surface area (Å²) < 4.78 is 0. The van der Waals surface area contributed by atoms with Crippen molar-refractivity contribution in [2.24, 2.45) is 5.92 Å². The van der Waals surface area contributed by atoms with Gasteiger partial charge in [-0.05, 0) is 0 Å². The van der Waals surface area contributed by atoms with Crippen molar-refractivity contribution in [3.63, 3.8) is 0 Å². The fraction of sp³-hybridized carbons (Fsp3) is 0.333. The van der Waals surface area contributed by atoms with Gasteiger partial charge in [-0.2, -0.15) is 0 Å². The lowest BCUT2D eigenvalue weighted by Gasteiger charge is -1.99. The molecular weight excluding hydrogens is 120 g/mol. The molecule has 0 bridgehead atoms. The largest absolute Gasteiger partial charge is 0.478 e. The van der Waals surface area contributed by atoms with Gasteiger partial charge in [-0.25, -0.2) is 4.79 Å². The number of rotatable bonds is 3. The van der Waals surface area contributed by atoms with Crippen LogP contribution in [0.3, 0.4) is 0 Å². The molecule has 0 aliphatic heterocycles. The average molecular weight is 128 g/mol. The quantitative estimate of drug-likeness (QED) is 0.443. The van der Waals surface area contributed by atoms with Gasteiger partial charge in [0.1, 0.15) is 6.29 Å². The Hall–Kier alpha value is -1.12. The van der Waals surface area contributed by atoms with E-state index in [1.54, 1.807) is 0 Å². The van der Waals surface area contributed by atoms with Crippen LogP contribution >= 0.6 is 0 Å². The van der Waals surface area contributed by atoms with Gasteiger partial charge in [0.2, 0.25) is 0 Å². The SMILES string of the molecule is C=C(C(=O)O)C(C)C=O. The summed E-state index contributed by atoms with van der Waals surface area (Å²) in [4.78, 5) is 20.0. The summed E-state index contributed by atoms with van der Waals surface area (Å²) in [5.74, 6) is -1.70. The van der Waals surface area contributed by atoms with Gasteiger partial charge in [0.15, 0.2) is 0 Å². The molecule has 0 aromatic carbocycles. The van der Waals surface area contributed by atoms with Crippen molar-refractivity contribution in [1.82, 2.24) is 0 Å². The monoisotopic (exact) mass is 128 g/mol. The van der Waals surface area contributed by atoms with Crippen LogP contribution in [0, 0.1) is 5.92 Å². The highest BCUT2D eigenvalue weighted by atomic mass is 16.4. The summed E-state index contributed by atoms with van der Waals surface area (Å²) in [6, 6.07) is 0. The van der Waals surface area contributed by atoms with Gasteiger partial charge in [-0.15, -0.1) is 0 Å². The number of carbonyl (C=O) groups excluding carboxylic acids is 1. The normalized spacial score (nSPS) is 12.1. The summed E-state index contributed by atoms with van der Waals surface area (Å²) in [6.45, 7) is 4.68.